The summed E-state index contributed by atoms with van der Waals surface area (Å²) in [5, 5.41) is 6.24. The first kappa shape index (κ1) is 25.8. The van der Waals surface area contributed by atoms with Crippen LogP contribution in [0.2, 0.25) is 0 Å². The molecule has 2 rings (SSSR count). The maximum atomic E-state index is 12.6. The third-order valence-electron chi connectivity index (χ3n) is 5.43. The Labute approximate surface area is 189 Å². The van der Waals surface area contributed by atoms with E-state index in [2.05, 4.69) is 17.6 Å². The molecule has 2 aromatic rings. The van der Waals surface area contributed by atoms with Crippen LogP contribution in [0.15, 0.2) is 48.5 Å². The predicted octanol–water partition coefficient (Wildman–Crippen LogP) is 7.83. The molecule has 2 aromatic carbocycles. The van der Waals surface area contributed by atoms with Gasteiger partial charge in [0.25, 0.3) is 0 Å². The monoisotopic (exact) mass is 448 g/mol. The minimum atomic E-state index is -4.29. The van der Waals surface area contributed by atoms with Crippen molar-refractivity contribution in [2.75, 3.05) is 17.2 Å². The van der Waals surface area contributed by atoms with Gasteiger partial charge in [-0.2, -0.15) is 13.2 Å². The first-order valence-electron chi connectivity index (χ1n) is 11.7. The summed E-state index contributed by atoms with van der Waals surface area (Å²) in [6.45, 7) is 2.92. The van der Waals surface area contributed by atoms with Crippen LogP contribution in [-0.2, 0) is 17.4 Å². The van der Waals surface area contributed by atoms with Gasteiger partial charge in [0.1, 0.15) is 0 Å². The van der Waals surface area contributed by atoms with Crippen molar-refractivity contribution in [1.29, 1.82) is 0 Å². The Morgan fingerprint density at radius 3 is 2.00 bits per heavy atom. The number of anilines is 2. The predicted molar refractivity (Wildman–Crippen MR) is 126 cm³/mol. The van der Waals surface area contributed by atoms with Gasteiger partial charge in [0, 0.05) is 24.3 Å². The number of alkyl halides is 3. The lowest BCUT2D eigenvalue weighted by molar-refractivity contribution is -0.137. The minimum Gasteiger partial charge on any atom is -0.385 e. The molecule has 176 valence electrons. The van der Waals surface area contributed by atoms with Gasteiger partial charge >= 0.3 is 6.18 Å². The van der Waals surface area contributed by atoms with E-state index in [4.69, 9.17) is 0 Å². The van der Waals surface area contributed by atoms with Crippen LogP contribution < -0.4 is 10.6 Å². The number of carbonyl (C=O) groups excluding carboxylic acids is 1. The summed E-state index contributed by atoms with van der Waals surface area (Å²) in [7, 11) is 0. The van der Waals surface area contributed by atoms with Crippen LogP contribution in [0.25, 0.3) is 0 Å². The first-order chi connectivity index (χ1) is 15.4. The van der Waals surface area contributed by atoms with Crippen molar-refractivity contribution in [2.45, 2.75) is 77.3 Å². The maximum Gasteiger partial charge on any atom is 0.416 e. The van der Waals surface area contributed by atoms with Gasteiger partial charge in [-0.3, -0.25) is 4.79 Å². The minimum absolute atomic E-state index is 0.0517. The number of halogens is 3. The molecule has 0 aliphatic heterocycles. The zero-order valence-electron chi connectivity index (χ0n) is 18.9. The highest BCUT2D eigenvalue weighted by molar-refractivity contribution is 5.90. The molecule has 3 nitrogen and oxygen atoms in total. The highest BCUT2D eigenvalue weighted by Gasteiger charge is 2.29. The standard InChI is InChI=1S/C26H35F3N2O/c1-2-3-4-5-6-7-8-11-25(32)31-24-18-16-23(17-19-24)30-20-9-10-21-12-14-22(15-13-21)26(27,28)29/h12-19,30H,2-11,20H2,1H3,(H,31,32). The lowest BCUT2D eigenvalue weighted by Crippen LogP contribution is -2.11. The summed E-state index contributed by atoms with van der Waals surface area (Å²) >= 11 is 0. The number of hydrogen-bond donors (Lipinski definition) is 2. The van der Waals surface area contributed by atoms with Crippen LogP contribution in [0.5, 0.6) is 0 Å². The van der Waals surface area contributed by atoms with E-state index in [9.17, 15) is 18.0 Å². The molecule has 0 saturated carbocycles. The van der Waals surface area contributed by atoms with Crippen molar-refractivity contribution in [3.05, 3.63) is 59.7 Å². The summed E-state index contributed by atoms with van der Waals surface area (Å²) in [4.78, 5) is 12.1. The number of aryl methyl sites for hydroxylation is 1. The van der Waals surface area contributed by atoms with E-state index in [-0.39, 0.29) is 5.91 Å². The Balaban J connectivity index is 1.60. The molecule has 0 fully saturated rings. The largest absolute Gasteiger partial charge is 0.416 e. The zero-order chi connectivity index (χ0) is 23.2. The van der Waals surface area contributed by atoms with Crippen molar-refractivity contribution in [3.63, 3.8) is 0 Å². The normalized spacial score (nSPS) is 11.4. The van der Waals surface area contributed by atoms with E-state index in [0.717, 1.165) is 48.3 Å². The second-order valence-electron chi connectivity index (χ2n) is 8.22. The Bertz CT molecular complexity index is 786. The Hall–Kier alpha value is -2.50. The quantitative estimate of drug-likeness (QED) is 0.289. The number of unbranched alkanes of at least 4 members (excludes halogenated alkanes) is 6. The number of rotatable bonds is 14. The summed E-state index contributed by atoms with van der Waals surface area (Å²) < 4.78 is 37.8. The van der Waals surface area contributed by atoms with Gasteiger partial charge in [-0.1, -0.05) is 57.6 Å². The van der Waals surface area contributed by atoms with Gasteiger partial charge in [0.05, 0.1) is 5.56 Å². The maximum absolute atomic E-state index is 12.6. The van der Waals surface area contributed by atoms with Gasteiger partial charge in [-0.05, 0) is 61.2 Å². The van der Waals surface area contributed by atoms with E-state index >= 15 is 0 Å². The average molecular weight is 449 g/mol. The second-order valence-corrected chi connectivity index (χ2v) is 8.22. The van der Waals surface area contributed by atoms with E-state index < -0.39 is 11.7 Å². The van der Waals surface area contributed by atoms with Gasteiger partial charge in [0.15, 0.2) is 0 Å². The topological polar surface area (TPSA) is 41.1 Å². The zero-order valence-corrected chi connectivity index (χ0v) is 18.9. The molecule has 0 unspecified atom stereocenters. The Morgan fingerprint density at radius 2 is 1.38 bits per heavy atom. The molecule has 6 heteroatoms. The number of nitrogens with one attached hydrogen (secondary N) is 2. The van der Waals surface area contributed by atoms with Crippen LogP contribution in [0, 0.1) is 0 Å². The van der Waals surface area contributed by atoms with Gasteiger partial charge in [-0.15, -0.1) is 0 Å². The second kappa shape index (κ2) is 13.8. The molecule has 1 amide bonds. The summed E-state index contributed by atoms with van der Waals surface area (Å²) in [5.74, 6) is 0.0517. The Kier molecular flexibility index (Phi) is 11.1. The third-order valence-corrected chi connectivity index (χ3v) is 5.43. The molecule has 0 heterocycles. The highest BCUT2D eigenvalue weighted by Crippen LogP contribution is 2.29. The van der Waals surface area contributed by atoms with Gasteiger partial charge < -0.3 is 10.6 Å². The Morgan fingerprint density at radius 1 is 0.781 bits per heavy atom. The average Bonchev–Trinajstić information content (AvgIpc) is 2.77. The fourth-order valence-corrected chi connectivity index (χ4v) is 3.52. The summed E-state index contributed by atoms with van der Waals surface area (Å²) in [5.41, 5.74) is 2.00. The molecular weight excluding hydrogens is 413 g/mol. The highest BCUT2D eigenvalue weighted by atomic mass is 19.4. The molecule has 0 radical (unpaired) electrons. The lowest BCUT2D eigenvalue weighted by Gasteiger charge is -2.10. The van der Waals surface area contributed by atoms with Crippen molar-refractivity contribution in [3.8, 4) is 0 Å². The molecule has 0 aromatic heterocycles. The van der Waals surface area contributed by atoms with E-state index in [1.54, 1.807) is 0 Å². The molecule has 0 aliphatic rings. The van der Waals surface area contributed by atoms with Crippen LogP contribution in [0.1, 0.15) is 75.8 Å². The van der Waals surface area contributed by atoms with E-state index in [1.165, 1.54) is 44.2 Å². The first-order valence-corrected chi connectivity index (χ1v) is 11.7. The molecule has 0 spiro atoms. The van der Waals surface area contributed by atoms with Gasteiger partial charge in [-0.25, -0.2) is 0 Å². The number of hydrogen-bond acceptors (Lipinski definition) is 2. The number of carbonyl (C=O) groups is 1. The van der Waals surface area contributed by atoms with Crippen LogP contribution in [0.3, 0.4) is 0 Å². The SMILES string of the molecule is CCCCCCCCCC(=O)Nc1ccc(NCCCc2ccc(C(F)(F)F)cc2)cc1. The van der Waals surface area contributed by atoms with Crippen LogP contribution in [0.4, 0.5) is 24.5 Å². The fraction of sp³-hybridized carbons (Fsp3) is 0.500. The molecule has 32 heavy (non-hydrogen) atoms. The molecule has 0 atom stereocenters. The number of benzene rings is 2. The van der Waals surface area contributed by atoms with E-state index in [1.807, 2.05) is 24.3 Å². The van der Waals surface area contributed by atoms with Crippen molar-refractivity contribution in [1.82, 2.24) is 0 Å². The number of amides is 1. The van der Waals surface area contributed by atoms with E-state index in [0.29, 0.717) is 19.4 Å². The van der Waals surface area contributed by atoms with Crippen molar-refractivity contribution in [2.24, 2.45) is 0 Å². The van der Waals surface area contributed by atoms with Crippen molar-refractivity contribution < 1.29 is 18.0 Å². The summed E-state index contributed by atoms with van der Waals surface area (Å²) in [6, 6.07) is 12.9. The van der Waals surface area contributed by atoms with Gasteiger partial charge in [0.2, 0.25) is 5.91 Å². The lowest BCUT2D eigenvalue weighted by atomic mass is 10.1. The molecule has 0 aliphatic carbocycles. The molecule has 2 N–H and O–H groups in total. The smallest absolute Gasteiger partial charge is 0.385 e. The molecule has 0 bridgehead atoms. The van der Waals surface area contributed by atoms with Crippen molar-refractivity contribution >= 4 is 17.3 Å². The molecule has 0 saturated heterocycles. The molecular formula is C26H35F3N2O. The fourth-order valence-electron chi connectivity index (χ4n) is 3.52. The summed E-state index contributed by atoms with van der Waals surface area (Å²) in [6.07, 6.45) is 6.10. The van der Waals surface area contributed by atoms with Crippen LogP contribution >= 0.6 is 0 Å². The third kappa shape index (κ3) is 10.2. The van der Waals surface area contributed by atoms with Crippen LogP contribution in [-0.4, -0.2) is 12.5 Å².